The molecule has 1 heterocycles. The number of aliphatic hydroxyl groups is 2. The van der Waals surface area contributed by atoms with Crippen molar-refractivity contribution in [2.45, 2.75) is 150 Å². The molecule has 0 radical (unpaired) electrons. The number of benzene rings is 1. The van der Waals surface area contributed by atoms with Crippen molar-refractivity contribution in [3.05, 3.63) is 34.4 Å². The third kappa shape index (κ3) is 5.35. The molecule has 50 heavy (non-hydrogen) atoms. The number of fused-ring (bicyclic) bond motifs is 7. The summed E-state index contributed by atoms with van der Waals surface area (Å²) in [5.41, 5.74) is -2.04. The Morgan fingerprint density at radius 3 is 2.20 bits per heavy atom. The van der Waals surface area contributed by atoms with E-state index < -0.39 is 28.9 Å². The molecule has 1 saturated heterocycles. The van der Waals surface area contributed by atoms with Crippen LogP contribution in [0.5, 0.6) is 5.75 Å². The molecular formula is C40H61NO9. The lowest BCUT2D eigenvalue weighted by Gasteiger charge is -2.72. The van der Waals surface area contributed by atoms with Gasteiger partial charge < -0.3 is 29.2 Å². The lowest BCUT2D eigenvalue weighted by atomic mass is 9.32. The number of ether oxygens (including phenoxy) is 4. The van der Waals surface area contributed by atoms with Gasteiger partial charge in [-0.3, -0.25) is 10.1 Å². The van der Waals surface area contributed by atoms with Gasteiger partial charge in [0.15, 0.2) is 0 Å². The highest BCUT2D eigenvalue weighted by Gasteiger charge is 2.77. The van der Waals surface area contributed by atoms with Gasteiger partial charge >= 0.3 is 6.16 Å². The summed E-state index contributed by atoms with van der Waals surface area (Å²) in [6, 6.07) is 5.43. The molecule has 1 aromatic rings. The minimum atomic E-state index is -1.07. The van der Waals surface area contributed by atoms with Gasteiger partial charge in [-0.05, 0) is 118 Å². The first-order valence-electron chi connectivity index (χ1n) is 19.0. The van der Waals surface area contributed by atoms with Crippen LogP contribution in [0.4, 0.5) is 10.5 Å². The predicted octanol–water partition coefficient (Wildman–Crippen LogP) is 8.10. The van der Waals surface area contributed by atoms with Crippen LogP contribution in [0, 0.1) is 60.9 Å². The van der Waals surface area contributed by atoms with E-state index in [0.29, 0.717) is 18.9 Å². The fraction of sp³-hybridized carbons (Fsp3) is 0.825. The fourth-order valence-corrected chi connectivity index (χ4v) is 13.1. The van der Waals surface area contributed by atoms with E-state index in [9.17, 15) is 25.1 Å². The second kappa shape index (κ2) is 12.4. The first-order valence-corrected chi connectivity index (χ1v) is 19.0. The molecule has 0 amide bonds. The predicted molar refractivity (Wildman–Crippen MR) is 189 cm³/mol. The Morgan fingerprint density at radius 1 is 1.00 bits per heavy atom. The van der Waals surface area contributed by atoms with Crippen LogP contribution >= 0.6 is 0 Å². The zero-order valence-corrected chi connectivity index (χ0v) is 31.9. The lowest BCUT2D eigenvalue weighted by Crippen LogP contribution is -2.67. The van der Waals surface area contributed by atoms with E-state index in [4.69, 9.17) is 18.9 Å². The standard InChI is InChI=1S/C40H61NO9/c1-11-47-33(36(5,6)44)26-22-23(2)30-31(49-26)32(42)40(10)28-17-16-27-35(3,4)29(18-19-37(27,7)38(28,8)20-21-39(30,40)9)50-34(43)48-25-14-12-24(13-15-25)41(45)46/h12-15,23,26-33,42,44H,11,16-22H2,1-10H3/t23-,26-,27+,28-,29+,30+,31+,32+,33+,37+,38-,39-,40-/m1/s1. The molecule has 10 heteroatoms. The van der Waals surface area contributed by atoms with Crippen LogP contribution in [0.25, 0.3) is 0 Å². The normalized spacial score (nSPS) is 44.2. The van der Waals surface area contributed by atoms with Crippen LogP contribution in [-0.4, -0.2) is 64.0 Å². The number of aliphatic hydroxyl groups excluding tert-OH is 1. The van der Waals surface area contributed by atoms with Gasteiger partial charge in [0.1, 0.15) is 18.0 Å². The Balaban J connectivity index is 1.24. The summed E-state index contributed by atoms with van der Waals surface area (Å²) < 4.78 is 24.5. The average Bonchev–Trinajstić information content (AvgIpc) is 3.20. The van der Waals surface area contributed by atoms with Gasteiger partial charge in [-0.1, -0.05) is 48.5 Å². The van der Waals surface area contributed by atoms with E-state index in [1.807, 2.05) is 6.92 Å². The van der Waals surface area contributed by atoms with Crippen LogP contribution < -0.4 is 4.74 Å². The summed E-state index contributed by atoms with van der Waals surface area (Å²) in [7, 11) is 0. The fourth-order valence-electron chi connectivity index (χ4n) is 13.1. The molecule has 10 nitrogen and oxygen atoms in total. The van der Waals surface area contributed by atoms with Crippen LogP contribution in [0.2, 0.25) is 0 Å². The SMILES string of the molecule is CCO[C@@H]([C@H]1C[C@@H](C)[C@H]2[C@H](O1)[C@H](O)[C@@]1(C)[C@@H]3CC[C@H]4C(C)(C)[C@@H](OC(=O)Oc5ccc([N+](=O)[O-])cc5)CC[C@]4(C)[C@]3(C)CC[C@]21C)C(C)(C)O. The van der Waals surface area contributed by atoms with Gasteiger partial charge in [-0.2, -0.15) is 0 Å². The first kappa shape index (κ1) is 37.5. The summed E-state index contributed by atoms with van der Waals surface area (Å²) in [4.78, 5) is 23.6. The Bertz CT molecular complexity index is 1460. The van der Waals surface area contributed by atoms with E-state index in [2.05, 4.69) is 48.5 Å². The van der Waals surface area contributed by atoms with Crippen LogP contribution in [0.15, 0.2) is 24.3 Å². The van der Waals surface area contributed by atoms with Gasteiger partial charge in [0.05, 0.1) is 28.8 Å². The summed E-state index contributed by atoms with van der Waals surface area (Å²) in [6.45, 7) is 22.5. The Morgan fingerprint density at radius 2 is 1.60 bits per heavy atom. The highest BCUT2D eigenvalue weighted by molar-refractivity contribution is 5.64. The smallest absolute Gasteiger partial charge is 0.430 e. The van der Waals surface area contributed by atoms with E-state index in [1.165, 1.54) is 24.3 Å². The number of hydrogen-bond acceptors (Lipinski definition) is 9. The Labute approximate surface area is 298 Å². The Kier molecular flexibility index (Phi) is 9.31. The largest absolute Gasteiger partial charge is 0.514 e. The molecule has 4 saturated carbocycles. The van der Waals surface area contributed by atoms with Crippen LogP contribution in [0.1, 0.15) is 114 Å². The van der Waals surface area contributed by atoms with E-state index >= 15 is 0 Å². The molecule has 1 aliphatic heterocycles. The summed E-state index contributed by atoms with van der Waals surface area (Å²) in [6.07, 6.45) is 3.56. The van der Waals surface area contributed by atoms with Crippen molar-refractivity contribution in [3.8, 4) is 5.75 Å². The minimum Gasteiger partial charge on any atom is -0.430 e. The van der Waals surface area contributed by atoms with E-state index in [0.717, 1.165) is 38.5 Å². The van der Waals surface area contributed by atoms with Gasteiger partial charge in [0.25, 0.3) is 5.69 Å². The molecule has 1 aromatic carbocycles. The number of carbonyl (C=O) groups is 1. The number of nitro groups is 1. The molecule has 5 fully saturated rings. The molecule has 13 atom stereocenters. The Hall–Kier alpha value is -2.27. The second-order valence-corrected chi connectivity index (χ2v) is 18.6. The zero-order valence-electron chi connectivity index (χ0n) is 31.9. The van der Waals surface area contributed by atoms with Crippen molar-refractivity contribution >= 4 is 11.8 Å². The van der Waals surface area contributed by atoms with Crippen molar-refractivity contribution < 1.29 is 38.9 Å². The van der Waals surface area contributed by atoms with Crippen molar-refractivity contribution in [1.29, 1.82) is 0 Å². The third-order valence-corrected chi connectivity index (χ3v) is 15.8. The topological polar surface area (TPSA) is 138 Å². The highest BCUT2D eigenvalue weighted by Crippen LogP contribution is 2.79. The molecular weight excluding hydrogens is 638 g/mol. The number of non-ortho nitro benzene ring substituents is 1. The van der Waals surface area contributed by atoms with Crippen LogP contribution in [-0.2, 0) is 14.2 Å². The second-order valence-electron chi connectivity index (χ2n) is 18.6. The van der Waals surface area contributed by atoms with Gasteiger partial charge in [0, 0.05) is 29.6 Å². The van der Waals surface area contributed by atoms with Gasteiger partial charge in [-0.15, -0.1) is 0 Å². The zero-order chi connectivity index (χ0) is 36.8. The molecule has 0 spiro atoms. The molecule has 280 valence electrons. The lowest BCUT2D eigenvalue weighted by molar-refractivity contribution is -0.384. The van der Waals surface area contributed by atoms with Crippen molar-refractivity contribution in [2.75, 3.05) is 6.61 Å². The molecule has 0 unspecified atom stereocenters. The molecule has 6 rings (SSSR count). The number of hydrogen-bond donors (Lipinski definition) is 2. The third-order valence-electron chi connectivity index (χ3n) is 15.8. The number of nitrogens with zero attached hydrogens (tertiary/aromatic N) is 1. The molecule has 2 N–H and O–H groups in total. The monoisotopic (exact) mass is 699 g/mol. The molecule has 0 aromatic heterocycles. The van der Waals surface area contributed by atoms with Crippen molar-refractivity contribution in [3.63, 3.8) is 0 Å². The number of carbonyl (C=O) groups excluding carboxylic acids is 1. The maximum absolute atomic E-state index is 13.0. The average molecular weight is 700 g/mol. The number of nitro benzene ring substituents is 1. The summed E-state index contributed by atoms with van der Waals surface area (Å²) in [5, 5.41) is 34.7. The maximum Gasteiger partial charge on any atom is 0.514 e. The van der Waals surface area contributed by atoms with E-state index in [-0.39, 0.29) is 74.6 Å². The maximum atomic E-state index is 13.0. The van der Waals surface area contributed by atoms with E-state index in [1.54, 1.807) is 13.8 Å². The quantitative estimate of drug-likeness (QED) is 0.125. The summed E-state index contributed by atoms with van der Waals surface area (Å²) >= 11 is 0. The van der Waals surface area contributed by atoms with Crippen LogP contribution in [0.3, 0.4) is 0 Å². The highest BCUT2D eigenvalue weighted by atomic mass is 16.7. The minimum absolute atomic E-state index is 0.0463. The first-order chi connectivity index (χ1) is 23.2. The van der Waals surface area contributed by atoms with Crippen molar-refractivity contribution in [1.82, 2.24) is 0 Å². The van der Waals surface area contributed by atoms with Gasteiger partial charge in [0.2, 0.25) is 0 Å². The molecule has 4 aliphatic carbocycles. The summed E-state index contributed by atoms with van der Waals surface area (Å²) in [5.74, 6) is 1.29. The van der Waals surface area contributed by atoms with Gasteiger partial charge in [-0.25, -0.2) is 4.79 Å². The molecule has 5 aliphatic rings. The van der Waals surface area contributed by atoms with Crippen molar-refractivity contribution in [2.24, 2.45) is 50.7 Å². The molecule has 0 bridgehead atoms. The number of rotatable bonds is 7.